The molecule has 0 amide bonds. The Bertz CT molecular complexity index is 1210. The second-order valence-corrected chi connectivity index (χ2v) is 8.03. The van der Waals surface area contributed by atoms with Gasteiger partial charge in [0.2, 0.25) is 5.78 Å². The van der Waals surface area contributed by atoms with E-state index in [-0.39, 0.29) is 6.42 Å². The van der Waals surface area contributed by atoms with E-state index in [0.717, 1.165) is 29.1 Å². The zero-order chi connectivity index (χ0) is 24.5. The second kappa shape index (κ2) is 9.25. The summed E-state index contributed by atoms with van der Waals surface area (Å²) in [6, 6.07) is 6.50. The van der Waals surface area contributed by atoms with Gasteiger partial charge in [-0.05, 0) is 63.9 Å². The van der Waals surface area contributed by atoms with Crippen molar-refractivity contribution in [2.45, 2.75) is 46.7 Å². The normalized spacial score (nSPS) is 11.6. The highest BCUT2D eigenvalue weighted by Crippen LogP contribution is 2.31. The van der Waals surface area contributed by atoms with E-state index in [1.54, 1.807) is 35.2 Å². The van der Waals surface area contributed by atoms with E-state index in [1.165, 1.54) is 6.07 Å². The lowest BCUT2D eigenvalue weighted by Crippen LogP contribution is -2.15. The fourth-order valence-electron chi connectivity index (χ4n) is 3.97. The largest absolute Gasteiger partial charge is 0.457 e. The number of aryl methyl sites for hydroxylation is 3. The van der Waals surface area contributed by atoms with Crippen molar-refractivity contribution in [2.24, 2.45) is 7.05 Å². The van der Waals surface area contributed by atoms with Crippen molar-refractivity contribution in [3.05, 3.63) is 69.8 Å². The minimum atomic E-state index is -4.47. The van der Waals surface area contributed by atoms with Gasteiger partial charge in [-0.2, -0.15) is 18.3 Å². The smallest absolute Gasteiger partial charge is 0.416 e. The molecule has 2 heterocycles. The van der Waals surface area contributed by atoms with Gasteiger partial charge in [0.25, 0.3) is 0 Å². The molecule has 0 saturated carbocycles. The van der Waals surface area contributed by atoms with Crippen LogP contribution < -0.4 is 0 Å². The third-order valence-electron chi connectivity index (χ3n) is 5.77. The number of halogens is 3. The van der Waals surface area contributed by atoms with Gasteiger partial charge in [0.05, 0.1) is 11.3 Å². The molecule has 9 heteroatoms. The monoisotopic (exact) mass is 461 g/mol. The van der Waals surface area contributed by atoms with Crippen LogP contribution in [0.15, 0.2) is 30.3 Å². The van der Waals surface area contributed by atoms with Crippen molar-refractivity contribution in [1.82, 2.24) is 14.3 Å². The summed E-state index contributed by atoms with van der Waals surface area (Å²) in [6.45, 7) is 6.71. The van der Waals surface area contributed by atoms with Crippen LogP contribution in [0.1, 0.15) is 50.7 Å². The van der Waals surface area contributed by atoms with Crippen molar-refractivity contribution in [3.63, 3.8) is 0 Å². The Morgan fingerprint density at radius 2 is 1.76 bits per heavy atom. The van der Waals surface area contributed by atoms with Gasteiger partial charge in [-0.25, -0.2) is 0 Å². The molecule has 3 aromatic rings. The van der Waals surface area contributed by atoms with Crippen LogP contribution in [0, 0.1) is 27.7 Å². The lowest BCUT2D eigenvalue weighted by Gasteiger charge is -2.13. The molecule has 0 fully saturated rings. The predicted octanol–water partition coefficient (Wildman–Crippen LogP) is 4.82. The first-order valence-corrected chi connectivity index (χ1v) is 10.4. The standard InChI is InChI=1S/C24H26F3N3O3/c1-14-11-21(17(4)30(14)19-8-6-7-18(12-19)24(25,26)27)22(31)13-33-23(32)10-9-20-15(2)28-29(5)16(20)3/h6-8,11-12H,9-10,13H2,1-5H3. The number of ketones is 1. The third kappa shape index (κ3) is 5.18. The summed E-state index contributed by atoms with van der Waals surface area (Å²) in [5.74, 6) is -0.916. The maximum Gasteiger partial charge on any atom is 0.416 e. The number of alkyl halides is 3. The number of carbonyl (C=O) groups excluding carboxylic acids is 2. The number of nitrogens with zero attached hydrogens (tertiary/aromatic N) is 3. The van der Waals surface area contributed by atoms with Crippen LogP contribution in [0.3, 0.4) is 0 Å². The zero-order valence-corrected chi connectivity index (χ0v) is 19.2. The van der Waals surface area contributed by atoms with Crippen LogP contribution in [0.4, 0.5) is 13.2 Å². The van der Waals surface area contributed by atoms with Crippen LogP contribution in [0.2, 0.25) is 0 Å². The quantitative estimate of drug-likeness (QED) is 0.374. The van der Waals surface area contributed by atoms with Gasteiger partial charge >= 0.3 is 12.1 Å². The minimum Gasteiger partial charge on any atom is -0.457 e. The SMILES string of the molecule is Cc1nn(C)c(C)c1CCC(=O)OCC(=O)c1cc(C)n(-c2cccc(C(F)(F)F)c2)c1C. The van der Waals surface area contributed by atoms with E-state index in [1.807, 2.05) is 20.9 Å². The fourth-order valence-corrected chi connectivity index (χ4v) is 3.97. The lowest BCUT2D eigenvalue weighted by atomic mass is 10.1. The zero-order valence-electron chi connectivity index (χ0n) is 19.2. The number of esters is 1. The Morgan fingerprint density at radius 1 is 1.06 bits per heavy atom. The highest BCUT2D eigenvalue weighted by Gasteiger charge is 2.31. The van der Waals surface area contributed by atoms with Gasteiger partial charge in [0, 0.05) is 41.8 Å². The summed E-state index contributed by atoms with van der Waals surface area (Å²) < 4.78 is 47.8. The molecular formula is C24H26F3N3O3. The maximum atomic E-state index is 13.1. The molecule has 176 valence electrons. The van der Waals surface area contributed by atoms with Gasteiger partial charge in [0.1, 0.15) is 0 Å². The van der Waals surface area contributed by atoms with Crippen LogP contribution in [-0.4, -0.2) is 32.7 Å². The second-order valence-electron chi connectivity index (χ2n) is 8.03. The molecule has 3 rings (SSSR count). The van der Waals surface area contributed by atoms with Gasteiger partial charge in [0.15, 0.2) is 6.61 Å². The van der Waals surface area contributed by atoms with Crippen molar-refractivity contribution >= 4 is 11.8 Å². The molecule has 0 spiro atoms. The molecule has 0 atom stereocenters. The molecule has 0 N–H and O–H groups in total. The summed E-state index contributed by atoms with van der Waals surface area (Å²) >= 11 is 0. The number of ether oxygens (including phenoxy) is 1. The summed E-state index contributed by atoms with van der Waals surface area (Å²) in [6.07, 6.45) is -3.89. The highest BCUT2D eigenvalue weighted by atomic mass is 19.4. The number of hydrogen-bond acceptors (Lipinski definition) is 4. The van der Waals surface area contributed by atoms with Crippen molar-refractivity contribution in [3.8, 4) is 5.69 Å². The molecule has 0 aliphatic carbocycles. The number of Topliss-reactive ketones (excluding diaryl/α,β-unsaturated/α-hetero) is 1. The Morgan fingerprint density at radius 3 is 2.36 bits per heavy atom. The Kier molecular flexibility index (Phi) is 6.81. The predicted molar refractivity (Wildman–Crippen MR) is 117 cm³/mol. The molecule has 33 heavy (non-hydrogen) atoms. The van der Waals surface area contributed by atoms with E-state index in [0.29, 0.717) is 29.1 Å². The first-order valence-electron chi connectivity index (χ1n) is 10.4. The fraction of sp³-hybridized carbons (Fsp3) is 0.375. The molecule has 0 aliphatic rings. The van der Waals surface area contributed by atoms with Crippen LogP contribution in [0.25, 0.3) is 5.69 Å². The molecule has 0 bridgehead atoms. The number of hydrogen-bond donors (Lipinski definition) is 0. The Hall–Kier alpha value is -3.36. The van der Waals surface area contributed by atoms with Gasteiger partial charge in [-0.3, -0.25) is 14.3 Å². The van der Waals surface area contributed by atoms with Crippen molar-refractivity contribution < 1.29 is 27.5 Å². The molecule has 2 aromatic heterocycles. The van der Waals surface area contributed by atoms with Crippen LogP contribution >= 0.6 is 0 Å². The van der Waals surface area contributed by atoms with Gasteiger partial charge < -0.3 is 9.30 Å². The summed E-state index contributed by atoms with van der Waals surface area (Å²) in [5.41, 5.74) is 3.71. The van der Waals surface area contributed by atoms with Crippen molar-refractivity contribution in [2.75, 3.05) is 6.61 Å². The van der Waals surface area contributed by atoms with Crippen molar-refractivity contribution in [1.29, 1.82) is 0 Å². The number of aromatic nitrogens is 3. The molecule has 0 aliphatic heterocycles. The maximum absolute atomic E-state index is 13.1. The molecular weight excluding hydrogens is 435 g/mol. The minimum absolute atomic E-state index is 0.115. The molecule has 0 saturated heterocycles. The Labute approximate surface area is 190 Å². The lowest BCUT2D eigenvalue weighted by molar-refractivity contribution is -0.142. The van der Waals surface area contributed by atoms with Crippen LogP contribution in [0.5, 0.6) is 0 Å². The van der Waals surface area contributed by atoms with Gasteiger partial charge in [-0.15, -0.1) is 0 Å². The van der Waals surface area contributed by atoms with Crippen LogP contribution in [-0.2, 0) is 29.2 Å². The third-order valence-corrected chi connectivity index (χ3v) is 5.77. The van der Waals surface area contributed by atoms with E-state index in [4.69, 9.17) is 4.74 Å². The highest BCUT2D eigenvalue weighted by molar-refractivity contribution is 5.99. The first-order chi connectivity index (χ1) is 15.4. The molecule has 6 nitrogen and oxygen atoms in total. The van der Waals surface area contributed by atoms with E-state index in [2.05, 4.69) is 5.10 Å². The van der Waals surface area contributed by atoms with E-state index in [9.17, 15) is 22.8 Å². The molecule has 0 unspecified atom stereocenters. The van der Waals surface area contributed by atoms with E-state index < -0.39 is 30.1 Å². The Balaban J connectivity index is 1.68. The first kappa shape index (κ1) is 24.3. The topological polar surface area (TPSA) is 66.1 Å². The molecule has 0 radical (unpaired) electrons. The average molecular weight is 461 g/mol. The number of carbonyl (C=O) groups is 2. The average Bonchev–Trinajstić information content (AvgIpc) is 3.17. The molecule has 1 aromatic carbocycles. The number of rotatable bonds is 7. The van der Waals surface area contributed by atoms with E-state index >= 15 is 0 Å². The summed E-state index contributed by atoms with van der Waals surface area (Å²) in [4.78, 5) is 24.9. The summed E-state index contributed by atoms with van der Waals surface area (Å²) in [5, 5.41) is 4.31. The van der Waals surface area contributed by atoms with Gasteiger partial charge in [-0.1, -0.05) is 6.07 Å². The summed E-state index contributed by atoms with van der Waals surface area (Å²) in [7, 11) is 1.83. The number of benzene rings is 1.